The van der Waals surface area contributed by atoms with Gasteiger partial charge in [-0.3, -0.25) is 4.90 Å². The molecule has 1 aliphatic heterocycles. The van der Waals surface area contributed by atoms with Gasteiger partial charge in [0.25, 0.3) is 0 Å². The Labute approximate surface area is 123 Å². The Morgan fingerprint density at radius 1 is 0.850 bits per heavy atom. The molecular weight excluding hydrogens is 261 g/mol. The fourth-order valence-corrected chi connectivity index (χ4v) is 4.02. The highest BCUT2D eigenvalue weighted by atomic mass is 31.1. The molecule has 1 saturated heterocycles. The highest BCUT2D eigenvalue weighted by Crippen LogP contribution is 2.40. The van der Waals surface area contributed by atoms with Gasteiger partial charge in [-0.1, -0.05) is 60.7 Å². The molecule has 2 aromatic carbocycles. The van der Waals surface area contributed by atoms with E-state index < -0.39 is 0 Å². The molecule has 104 valence electrons. The second kappa shape index (κ2) is 6.52. The van der Waals surface area contributed by atoms with Gasteiger partial charge in [-0.05, 0) is 17.8 Å². The van der Waals surface area contributed by atoms with Crippen molar-refractivity contribution in [3.63, 3.8) is 0 Å². The van der Waals surface area contributed by atoms with Gasteiger partial charge in [0.2, 0.25) is 0 Å². The summed E-state index contributed by atoms with van der Waals surface area (Å²) in [6.07, 6.45) is 1.24. The van der Waals surface area contributed by atoms with E-state index in [0.29, 0.717) is 11.8 Å². The van der Waals surface area contributed by atoms with Crippen LogP contribution in [0.15, 0.2) is 60.7 Å². The van der Waals surface area contributed by atoms with Crippen molar-refractivity contribution in [2.75, 3.05) is 26.0 Å². The summed E-state index contributed by atoms with van der Waals surface area (Å²) in [7, 11) is 1.01. The van der Waals surface area contributed by atoms with Crippen LogP contribution in [0.5, 0.6) is 0 Å². The first-order valence-electron chi connectivity index (χ1n) is 7.35. The van der Waals surface area contributed by atoms with Gasteiger partial charge in [0.1, 0.15) is 0 Å². The molecule has 2 heteroatoms. The highest BCUT2D eigenvalue weighted by molar-refractivity contribution is 7.36. The number of nitrogens with zero attached hydrogens (tertiary/aromatic N) is 1. The molecule has 0 saturated carbocycles. The SMILES string of the molecule is CPCN1CC(c2ccccc2)C(c2ccccc2)C1. The van der Waals surface area contributed by atoms with Crippen molar-refractivity contribution in [1.29, 1.82) is 0 Å². The number of benzene rings is 2. The molecule has 3 atom stereocenters. The molecule has 0 aliphatic carbocycles. The predicted molar refractivity (Wildman–Crippen MR) is 89.0 cm³/mol. The fraction of sp³-hybridized carbons (Fsp3) is 0.333. The van der Waals surface area contributed by atoms with Gasteiger partial charge in [-0.25, -0.2) is 0 Å². The minimum atomic E-state index is 0.634. The third-order valence-electron chi connectivity index (χ3n) is 4.23. The van der Waals surface area contributed by atoms with Gasteiger partial charge in [-0.2, -0.15) is 0 Å². The lowest BCUT2D eigenvalue weighted by Gasteiger charge is -2.19. The Balaban J connectivity index is 1.89. The summed E-state index contributed by atoms with van der Waals surface area (Å²) in [5, 5.41) is 0. The lowest BCUT2D eigenvalue weighted by molar-refractivity contribution is 0.390. The van der Waals surface area contributed by atoms with Crippen LogP contribution in [0.2, 0.25) is 0 Å². The van der Waals surface area contributed by atoms with Gasteiger partial charge in [0.05, 0.1) is 0 Å². The third-order valence-corrected chi connectivity index (χ3v) is 5.00. The minimum absolute atomic E-state index is 0.634. The van der Waals surface area contributed by atoms with E-state index in [9.17, 15) is 0 Å². The molecule has 0 bridgehead atoms. The zero-order valence-corrected chi connectivity index (χ0v) is 13.0. The molecule has 3 rings (SSSR count). The third kappa shape index (κ3) is 2.95. The van der Waals surface area contributed by atoms with E-state index in [2.05, 4.69) is 72.2 Å². The lowest BCUT2D eigenvalue weighted by atomic mass is 9.84. The van der Waals surface area contributed by atoms with E-state index in [1.165, 1.54) is 30.5 Å². The molecule has 0 N–H and O–H groups in total. The molecular formula is C18H22NP. The predicted octanol–water partition coefficient (Wildman–Crippen LogP) is 4.14. The molecule has 0 spiro atoms. The second-order valence-electron chi connectivity index (χ2n) is 5.58. The normalized spacial score (nSPS) is 23.6. The van der Waals surface area contributed by atoms with Gasteiger partial charge >= 0.3 is 0 Å². The van der Waals surface area contributed by atoms with Crippen molar-refractivity contribution in [2.45, 2.75) is 11.8 Å². The Morgan fingerprint density at radius 3 is 1.70 bits per heavy atom. The number of likely N-dealkylation sites (tertiary alicyclic amines) is 1. The van der Waals surface area contributed by atoms with Gasteiger partial charge in [0.15, 0.2) is 0 Å². The number of rotatable bonds is 4. The summed E-state index contributed by atoms with van der Waals surface area (Å²) < 4.78 is 0. The first-order chi connectivity index (χ1) is 9.88. The average molecular weight is 283 g/mol. The average Bonchev–Trinajstić information content (AvgIpc) is 2.93. The molecule has 1 fully saturated rings. The van der Waals surface area contributed by atoms with E-state index in [-0.39, 0.29) is 0 Å². The van der Waals surface area contributed by atoms with Crippen molar-refractivity contribution in [1.82, 2.24) is 4.90 Å². The Hall–Kier alpha value is -1.17. The largest absolute Gasteiger partial charge is 0.298 e. The van der Waals surface area contributed by atoms with Crippen molar-refractivity contribution in [2.24, 2.45) is 0 Å². The van der Waals surface area contributed by atoms with Gasteiger partial charge < -0.3 is 0 Å². The second-order valence-corrected chi connectivity index (χ2v) is 6.61. The lowest BCUT2D eigenvalue weighted by Crippen LogP contribution is -2.19. The monoisotopic (exact) mass is 283 g/mol. The molecule has 2 aromatic rings. The maximum absolute atomic E-state index is 2.63. The quantitative estimate of drug-likeness (QED) is 0.762. The zero-order valence-electron chi connectivity index (χ0n) is 12.0. The summed E-state index contributed by atoms with van der Waals surface area (Å²) in [4.78, 5) is 2.63. The molecule has 20 heavy (non-hydrogen) atoms. The van der Waals surface area contributed by atoms with Crippen LogP contribution in [0.1, 0.15) is 23.0 Å². The molecule has 3 unspecified atom stereocenters. The smallest absolute Gasteiger partial charge is 0.0153 e. The molecule has 0 aromatic heterocycles. The van der Waals surface area contributed by atoms with Crippen LogP contribution in [-0.2, 0) is 0 Å². The van der Waals surface area contributed by atoms with E-state index in [0.717, 1.165) is 8.58 Å². The summed E-state index contributed by atoms with van der Waals surface area (Å²) in [5.74, 6) is 1.27. The van der Waals surface area contributed by atoms with Gasteiger partial charge in [-0.15, -0.1) is 8.58 Å². The van der Waals surface area contributed by atoms with Crippen molar-refractivity contribution in [3.05, 3.63) is 71.8 Å². The molecule has 1 aliphatic rings. The summed E-state index contributed by atoms with van der Waals surface area (Å²) in [6.45, 7) is 4.70. The topological polar surface area (TPSA) is 3.24 Å². The van der Waals surface area contributed by atoms with E-state index in [4.69, 9.17) is 0 Å². The first kappa shape index (κ1) is 13.8. The molecule has 0 amide bonds. The minimum Gasteiger partial charge on any atom is -0.298 e. The summed E-state index contributed by atoms with van der Waals surface area (Å²) in [5.41, 5.74) is 2.98. The van der Waals surface area contributed by atoms with E-state index in [1.54, 1.807) is 0 Å². The molecule has 1 nitrogen and oxygen atoms in total. The van der Waals surface area contributed by atoms with Crippen LogP contribution in [0.3, 0.4) is 0 Å². The zero-order chi connectivity index (χ0) is 13.8. The van der Waals surface area contributed by atoms with Crippen LogP contribution >= 0.6 is 8.58 Å². The Kier molecular flexibility index (Phi) is 4.50. The van der Waals surface area contributed by atoms with Crippen molar-refractivity contribution >= 4 is 8.58 Å². The van der Waals surface area contributed by atoms with Gasteiger partial charge in [0, 0.05) is 31.2 Å². The number of hydrogen-bond acceptors (Lipinski definition) is 1. The van der Waals surface area contributed by atoms with Crippen LogP contribution in [-0.4, -0.2) is 30.9 Å². The first-order valence-corrected chi connectivity index (χ1v) is 9.06. The Bertz CT molecular complexity index is 478. The standard InChI is InChI=1S/C18H22NP/c1-20-14-19-12-17(15-8-4-2-5-9-15)18(13-19)16-10-6-3-7-11-16/h2-11,17-18,20H,12-14H2,1H3. The maximum atomic E-state index is 2.63. The van der Waals surface area contributed by atoms with Crippen LogP contribution in [0.25, 0.3) is 0 Å². The number of hydrogen-bond donors (Lipinski definition) is 0. The van der Waals surface area contributed by atoms with E-state index in [1.807, 2.05) is 0 Å². The summed E-state index contributed by atoms with van der Waals surface area (Å²) in [6, 6.07) is 22.1. The summed E-state index contributed by atoms with van der Waals surface area (Å²) >= 11 is 0. The maximum Gasteiger partial charge on any atom is 0.0153 e. The van der Waals surface area contributed by atoms with E-state index >= 15 is 0 Å². The van der Waals surface area contributed by atoms with Crippen LogP contribution < -0.4 is 0 Å². The fourth-order valence-electron chi connectivity index (χ4n) is 3.31. The van der Waals surface area contributed by atoms with Crippen LogP contribution in [0.4, 0.5) is 0 Å². The molecule has 0 radical (unpaired) electrons. The van der Waals surface area contributed by atoms with Crippen molar-refractivity contribution in [3.8, 4) is 0 Å². The molecule has 1 heterocycles. The van der Waals surface area contributed by atoms with Crippen LogP contribution in [0, 0.1) is 0 Å². The highest BCUT2D eigenvalue weighted by Gasteiger charge is 2.34. The van der Waals surface area contributed by atoms with Crippen molar-refractivity contribution < 1.29 is 0 Å². The Morgan fingerprint density at radius 2 is 1.30 bits per heavy atom.